The van der Waals surface area contributed by atoms with E-state index in [1.807, 2.05) is 14.0 Å². The Balaban J connectivity index is 2.21. The molecule has 0 amide bonds. The van der Waals surface area contributed by atoms with Crippen LogP contribution >= 0.6 is 0 Å². The van der Waals surface area contributed by atoms with Gasteiger partial charge in [0.15, 0.2) is 0 Å². The highest BCUT2D eigenvalue weighted by atomic mass is 16.5. The zero-order valence-corrected chi connectivity index (χ0v) is 5.98. The number of hydrogen-bond donors (Lipinski definition) is 1. The second-order valence-corrected chi connectivity index (χ2v) is 2.35. The first kappa shape index (κ1) is 6.62. The fraction of sp³-hybridized carbons (Fsp3) is 0.714. The summed E-state index contributed by atoms with van der Waals surface area (Å²) >= 11 is 0. The standard InChI is InChI=1S/C7H13NO/c1-6-3-4-7(9-6)5-8-2/h3,7-8H,4-5H2,1-2H3. The molecule has 0 aromatic heterocycles. The van der Waals surface area contributed by atoms with Gasteiger partial charge in [0.05, 0.1) is 5.76 Å². The van der Waals surface area contributed by atoms with Crippen LogP contribution in [0.25, 0.3) is 0 Å². The molecule has 1 heterocycles. The molecule has 0 aromatic carbocycles. The number of rotatable bonds is 2. The van der Waals surface area contributed by atoms with Crippen LogP contribution < -0.4 is 5.32 Å². The topological polar surface area (TPSA) is 21.3 Å². The van der Waals surface area contributed by atoms with E-state index in [9.17, 15) is 0 Å². The summed E-state index contributed by atoms with van der Waals surface area (Å²) in [7, 11) is 1.94. The SMILES string of the molecule is CNCC1CC=C(C)O1. The Morgan fingerprint density at radius 3 is 3.11 bits per heavy atom. The van der Waals surface area contributed by atoms with Gasteiger partial charge in [0.25, 0.3) is 0 Å². The number of hydrogen-bond acceptors (Lipinski definition) is 2. The Morgan fingerprint density at radius 1 is 1.89 bits per heavy atom. The smallest absolute Gasteiger partial charge is 0.114 e. The molecular formula is C7H13NO. The summed E-state index contributed by atoms with van der Waals surface area (Å²) in [5.74, 6) is 1.07. The molecule has 2 nitrogen and oxygen atoms in total. The summed E-state index contributed by atoms with van der Waals surface area (Å²) < 4.78 is 5.40. The van der Waals surface area contributed by atoms with E-state index in [4.69, 9.17) is 4.74 Å². The zero-order valence-electron chi connectivity index (χ0n) is 5.98. The number of likely N-dealkylation sites (N-methyl/N-ethyl adjacent to an activating group) is 1. The fourth-order valence-electron chi connectivity index (χ4n) is 1.01. The summed E-state index contributed by atoms with van der Waals surface area (Å²) in [6.45, 7) is 2.95. The Labute approximate surface area is 55.9 Å². The van der Waals surface area contributed by atoms with Crippen molar-refractivity contribution in [3.8, 4) is 0 Å². The van der Waals surface area contributed by atoms with Crippen LogP contribution in [0.5, 0.6) is 0 Å². The van der Waals surface area contributed by atoms with E-state index in [1.165, 1.54) is 0 Å². The lowest BCUT2D eigenvalue weighted by Gasteiger charge is -2.09. The van der Waals surface area contributed by atoms with E-state index in [0.29, 0.717) is 6.10 Å². The average Bonchev–Trinajstić information content (AvgIpc) is 2.17. The van der Waals surface area contributed by atoms with E-state index in [0.717, 1.165) is 18.7 Å². The van der Waals surface area contributed by atoms with Gasteiger partial charge >= 0.3 is 0 Å². The molecule has 0 aliphatic carbocycles. The van der Waals surface area contributed by atoms with Crippen molar-refractivity contribution in [1.29, 1.82) is 0 Å². The molecule has 0 fully saturated rings. The van der Waals surface area contributed by atoms with Gasteiger partial charge in [-0.05, 0) is 20.0 Å². The van der Waals surface area contributed by atoms with Crippen molar-refractivity contribution in [3.63, 3.8) is 0 Å². The lowest BCUT2D eigenvalue weighted by atomic mass is 10.3. The lowest BCUT2D eigenvalue weighted by Crippen LogP contribution is -2.22. The van der Waals surface area contributed by atoms with Crippen LogP contribution in [0.1, 0.15) is 13.3 Å². The van der Waals surface area contributed by atoms with Crippen molar-refractivity contribution in [2.75, 3.05) is 13.6 Å². The number of allylic oxidation sites excluding steroid dienone is 1. The van der Waals surface area contributed by atoms with Crippen LogP contribution in [0.3, 0.4) is 0 Å². The molecule has 2 heteroatoms. The quantitative estimate of drug-likeness (QED) is 0.595. The molecule has 1 aliphatic rings. The molecule has 0 spiro atoms. The first-order chi connectivity index (χ1) is 4.33. The predicted molar refractivity (Wildman–Crippen MR) is 37.2 cm³/mol. The summed E-state index contributed by atoms with van der Waals surface area (Å²) in [6.07, 6.45) is 3.57. The van der Waals surface area contributed by atoms with Crippen molar-refractivity contribution in [3.05, 3.63) is 11.8 Å². The van der Waals surface area contributed by atoms with Crippen molar-refractivity contribution < 1.29 is 4.74 Å². The normalized spacial score (nSPS) is 25.6. The Morgan fingerprint density at radius 2 is 2.67 bits per heavy atom. The second kappa shape index (κ2) is 2.87. The minimum Gasteiger partial charge on any atom is -0.494 e. The third kappa shape index (κ3) is 1.72. The highest BCUT2D eigenvalue weighted by molar-refractivity contribution is 4.98. The summed E-state index contributed by atoms with van der Waals surface area (Å²) in [4.78, 5) is 0. The van der Waals surface area contributed by atoms with Gasteiger partial charge in [0.1, 0.15) is 6.10 Å². The molecule has 0 aromatic rings. The van der Waals surface area contributed by atoms with Gasteiger partial charge in [-0.3, -0.25) is 0 Å². The Hall–Kier alpha value is -0.500. The largest absolute Gasteiger partial charge is 0.494 e. The van der Waals surface area contributed by atoms with Crippen molar-refractivity contribution in [1.82, 2.24) is 5.32 Å². The molecule has 1 aliphatic heterocycles. The minimum absolute atomic E-state index is 0.384. The van der Waals surface area contributed by atoms with Crippen LogP contribution in [0.15, 0.2) is 11.8 Å². The van der Waals surface area contributed by atoms with Gasteiger partial charge < -0.3 is 10.1 Å². The third-order valence-corrected chi connectivity index (χ3v) is 1.45. The molecule has 9 heavy (non-hydrogen) atoms. The molecule has 1 rings (SSSR count). The fourth-order valence-corrected chi connectivity index (χ4v) is 1.01. The summed E-state index contributed by atoms with van der Waals surface area (Å²) in [5.41, 5.74) is 0. The summed E-state index contributed by atoms with van der Waals surface area (Å²) in [5, 5.41) is 3.07. The van der Waals surface area contributed by atoms with E-state index in [2.05, 4.69) is 11.4 Å². The zero-order chi connectivity index (χ0) is 6.69. The maximum Gasteiger partial charge on any atom is 0.114 e. The molecule has 0 bridgehead atoms. The van der Waals surface area contributed by atoms with Crippen molar-refractivity contribution in [2.45, 2.75) is 19.4 Å². The molecule has 1 N–H and O–H groups in total. The van der Waals surface area contributed by atoms with Gasteiger partial charge in [0.2, 0.25) is 0 Å². The van der Waals surface area contributed by atoms with Crippen molar-refractivity contribution in [2.24, 2.45) is 0 Å². The highest BCUT2D eigenvalue weighted by Crippen LogP contribution is 2.14. The van der Waals surface area contributed by atoms with Gasteiger partial charge in [0, 0.05) is 13.0 Å². The molecule has 1 atom stereocenters. The monoisotopic (exact) mass is 127 g/mol. The van der Waals surface area contributed by atoms with Gasteiger partial charge in [-0.25, -0.2) is 0 Å². The van der Waals surface area contributed by atoms with E-state index >= 15 is 0 Å². The van der Waals surface area contributed by atoms with Crippen LogP contribution in [0.4, 0.5) is 0 Å². The van der Waals surface area contributed by atoms with Crippen molar-refractivity contribution >= 4 is 0 Å². The summed E-state index contributed by atoms with van der Waals surface area (Å²) in [6, 6.07) is 0. The highest BCUT2D eigenvalue weighted by Gasteiger charge is 2.12. The maximum atomic E-state index is 5.40. The van der Waals surface area contributed by atoms with Crippen LogP contribution in [0.2, 0.25) is 0 Å². The van der Waals surface area contributed by atoms with E-state index < -0.39 is 0 Å². The maximum absolute atomic E-state index is 5.40. The Kier molecular flexibility index (Phi) is 2.11. The van der Waals surface area contributed by atoms with Crippen LogP contribution in [0, 0.1) is 0 Å². The molecule has 0 saturated carbocycles. The molecule has 52 valence electrons. The molecule has 0 saturated heterocycles. The predicted octanol–water partition coefficient (Wildman–Crippen LogP) is 0.899. The van der Waals surface area contributed by atoms with Gasteiger partial charge in [-0.15, -0.1) is 0 Å². The molecule has 1 unspecified atom stereocenters. The first-order valence-electron chi connectivity index (χ1n) is 3.31. The lowest BCUT2D eigenvalue weighted by molar-refractivity contribution is 0.145. The van der Waals surface area contributed by atoms with E-state index in [-0.39, 0.29) is 0 Å². The minimum atomic E-state index is 0.384. The first-order valence-corrected chi connectivity index (χ1v) is 3.31. The number of ether oxygens (including phenoxy) is 1. The van der Waals surface area contributed by atoms with Gasteiger partial charge in [-0.2, -0.15) is 0 Å². The van der Waals surface area contributed by atoms with Gasteiger partial charge in [-0.1, -0.05) is 0 Å². The number of nitrogens with one attached hydrogen (secondary N) is 1. The molecule has 0 radical (unpaired) electrons. The second-order valence-electron chi connectivity index (χ2n) is 2.35. The Bertz CT molecular complexity index is 120. The average molecular weight is 127 g/mol. The van der Waals surface area contributed by atoms with Crippen LogP contribution in [-0.2, 0) is 4.74 Å². The third-order valence-electron chi connectivity index (χ3n) is 1.45. The van der Waals surface area contributed by atoms with Crippen LogP contribution in [-0.4, -0.2) is 19.7 Å². The van der Waals surface area contributed by atoms with E-state index in [1.54, 1.807) is 0 Å². The molecular weight excluding hydrogens is 114 g/mol.